The summed E-state index contributed by atoms with van der Waals surface area (Å²) in [5, 5.41) is 0. The van der Waals surface area contributed by atoms with Crippen LogP contribution in [0.4, 0.5) is 5.69 Å². The van der Waals surface area contributed by atoms with Crippen LogP contribution in [0.3, 0.4) is 0 Å². The Hall–Kier alpha value is -2.29. The smallest absolute Gasteiger partial charge is 0.130 e. The van der Waals surface area contributed by atoms with Crippen molar-refractivity contribution in [2.24, 2.45) is 11.8 Å². The van der Waals surface area contributed by atoms with E-state index in [1.165, 1.54) is 29.7 Å². The van der Waals surface area contributed by atoms with Gasteiger partial charge in [0.05, 0.1) is 6.61 Å². The fraction of sp³-hybridized carbons (Fsp3) is 0.500. The van der Waals surface area contributed by atoms with Crippen LogP contribution in [0.1, 0.15) is 56.6 Å². The minimum Gasteiger partial charge on any atom is -0.493 e. The molecule has 1 aliphatic carbocycles. The van der Waals surface area contributed by atoms with Crippen LogP contribution in [0.2, 0.25) is 0 Å². The van der Waals surface area contributed by atoms with Crippen LogP contribution in [-0.4, -0.2) is 25.5 Å². The van der Waals surface area contributed by atoms with Crippen LogP contribution >= 0.6 is 0 Å². The lowest BCUT2D eigenvalue weighted by Gasteiger charge is -2.41. The highest BCUT2D eigenvalue weighted by Crippen LogP contribution is 2.33. The number of hydrogen-bond donors (Lipinski definition) is 0. The highest BCUT2D eigenvalue weighted by molar-refractivity contribution is 5.75. The summed E-state index contributed by atoms with van der Waals surface area (Å²) in [5.41, 5.74) is 4.10. The van der Waals surface area contributed by atoms with Gasteiger partial charge in [-0.2, -0.15) is 0 Å². The summed E-state index contributed by atoms with van der Waals surface area (Å²) in [6.07, 6.45) is 5.49. The van der Waals surface area contributed by atoms with Crippen molar-refractivity contribution in [3.8, 4) is 5.75 Å². The number of anilines is 1. The van der Waals surface area contributed by atoms with E-state index in [0.717, 1.165) is 44.2 Å². The molecule has 0 spiro atoms. The molecule has 2 aliphatic rings. The van der Waals surface area contributed by atoms with Crippen molar-refractivity contribution in [3.05, 3.63) is 59.7 Å². The molecule has 0 amide bonds. The molecule has 2 aromatic rings. The minimum atomic E-state index is 0.294. The lowest BCUT2D eigenvalue weighted by molar-refractivity contribution is -0.117. The first-order valence-electron chi connectivity index (χ1n) is 11.1. The molecule has 2 fully saturated rings. The van der Waals surface area contributed by atoms with Gasteiger partial charge in [-0.25, -0.2) is 0 Å². The SMILES string of the molecule is CC(=O)CC(C)CCc1ccc(C2CN(c3ccc(OCC4CC4)cc3)C2)cc1. The summed E-state index contributed by atoms with van der Waals surface area (Å²) in [5.74, 6) is 3.17. The van der Waals surface area contributed by atoms with Crippen LogP contribution in [0, 0.1) is 11.8 Å². The predicted molar refractivity (Wildman–Crippen MR) is 119 cm³/mol. The molecule has 1 saturated heterocycles. The maximum atomic E-state index is 11.2. The van der Waals surface area contributed by atoms with Gasteiger partial charge in [0.2, 0.25) is 0 Å². The van der Waals surface area contributed by atoms with Crippen LogP contribution in [0.25, 0.3) is 0 Å². The summed E-state index contributed by atoms with van der Waals surface area (Å²) in [6.45, 7) is 6.89. The first-order chi connectivity index (χ1) is 14.1. The van der Waals surface area contributed by atoms with Gasteiger partial charge in [0, 0.05) is 31.1 Å². The van der Waals surface area contributed by atoms with Crippen LogP contribution in [-0.2, 0) is 11.2 Å². The Balaban J connectivity index is 1.22. The van der Waals surface area contributed by atoms with Crippen molar-refractivity contribution in [3.63, 3.8) is 0 Å². The van der Waals surface area contributed by atoms with E-state index in [1.807, 2.05) is 0 Å². The number of rotatable bonds is 10. The molecule has 0 bridgehead atoms. The molecule has 2 aromatic carbocycles. The zero-order valence-corrected chi connectivity index (χ0v) is 17.8. The Bertz CT molecular complexity index is 802. The van der Waals surface area contributed by atoms with E-state index in [-0.39, 0.29) is 0 Å². The van der Waals surface area contributed by atoms with Crippen molar-refractivity contribution in [2.75, 3.05) is 24.6 Å². The first kappa shape index (κ1) is 20.0. The molecule has 29 heavy (non-hydrogen) atoms. The second-order valence-corrected chi connectivity index (χ2v) is 9.14. The van der Waals surface area contributed by atoms with Gasteiger partial charge < -0.3 is 14.4 Å². The zero-order valence-electron chi connectivity index (χ0n) is 17.8. The molecule has 154 valence electrons. The van der Waals surface area contributed by atoms with Crippen molar-refractivity contribution >= 4 is 11.5 Å². The molecular formula is C26H33NO2. The van der Waals surface area contributed by atoms with E-state index in [9.17, 15) is 4.79 Å². The first-order valence-corrected chi connectivity index (χ1v) is 11.1. The number of Topliss-reactive ketones (excluding diaryl/α,β-unsaturated/α-hetero) is 1. The molecule has 3 nitrogen and oxygen atoms in total. The molecular weight excluding hydrogens is 358 g/mol. The van der Waals surface area contributed by atoms with Gasteiger partial charge in [0.15, 0.2) is 0 Å². The van der Waals surface area contributed by atoms with Gasteiger partial charge in [0.25, 0.3) is 0 Å². The largest absolute Gasteiger partial charge is 0.493 e. The number of aryl methyl sites for hydroxylation is 1. The number of carbonyl (C=O) groups excluding carboxylic acids is 1. The molecule has 1 saturated carbocycles. The normalized spacial score (nSPS) is 17.7. The van der Waals surface area contributed by atoms with Crippen molar-refractivity contribution in [1.82, 2.24) is 0 Å². The minimum absolute atomic E-state index is 0.294. The molecule has 4 rings (SSSR count). The average Bonchev–Trinajstić information content (AvgIpc) is 3.49. The van der Waals surface area contributed by atoms with Crippen molar-refractivity contribution in [2.45, 2.75) is 51.9 Å². The molecule has 1 unspecified atom stereocenters. The lowest BCUT2D eigenvalue weighted by Crippen LogP contribution is -2.45. The Morgan fingerprint density at radius 3 is 2.38 bits per heavy atom. The number of hydrogen-bond acceptors (Lipinski definition) is 3. The second-order valence-electron chi connectivity index (χ2n) is 9.14. The van der Waals surface area contributed by atoms with Crippen LogP contribution in [0.5, 0.6) is 5.75 Å². The number of ether oxygens (including phenoxy) is 1. The molecule has 0 radical (unpaired) electrons. The van der Waals surface area contributed by atoms with E-state index in [0.29, 0.717) is 24.0 Å². The van der Waals surface area contributed by atoms with Gasteiger partial charge in [-0.3, -0.25) is 0 Å². The predicted octanol–water partition coefficient (Wildman–Crippen LogP) is 5.63. The Kier molecular flexibility index (Phi) is 6.22. The number of nitrogens with zero attached hydrogens (tertiary/aromatic N) is 1. The van der Waals surface area contributed by atoms with Crippen molar-refractivity contribution < 1.29 is 9.53 Å². The molecule has 1 aliphatic heterocycles. The highest BCUT2D eigenvalue weighted by atomic mass is 16.5. The van der Waals surface area contributed by atoms with Gasteiger partial charge in [0.1, 0.15) is 11.5 Å². The zero-order chi connectivity index (χ0) is 20.2. The van der Waals surface area contributed by atoms with Crippen molar-refractivity contribution in [1.29, 1.82) is 0 Å². The molecule has 0 N–H and O–H groups in total. The third-order valence-electron chi connectivity index (χ3n) is 6.28. The molecule has 1 heterocycles. The summed E-state index contributed by atoms with van der Waals surface area (Å²) >= 11 is 0. The molecule has 1 atom stereocenters. The van der Waals surface area contributed by atoms with Crippen LogP contribution in [0.15, 0.2) is 48.5 Å². The third-order valence-corrected chi connectivity index (χ3v) is 6.28. The fourth-order valence-corrected chi connectivity index (χ4v) is 4.11. The number of carbonyl (C=O) groups is 1. The Morgan fingerprint density at radius 1 is 1.07 bits per heavy atom. The highest BCUT2D eigenvalue weighted by Gasteiger charge is 2.28. The number of benzene rings is 2. The fourth-order valence-electron chi connectivity index (χ4n) is 4.11. The van der Waals surface area contributed by atoms with Crippen LogP contribution < -0.4 is 9.64 Å². The van der Waals surface area contributed by atoms with Gasteiger partial charge in [-0.1, -0.05) is 31.2 Å². The molecule has 0 aromatic heterocycles. The third kappa shape index (κ3) is 5.62. The summed E-state index contributed by atoms with van der Waals surface area (Å²) in [6, 6.07) is 17.7. The Labute approximate surface area is 175 Å². The topological polar surface area (TPSA) is 29.5 Å². The number of ketones is 1. The van der Waals surface area contributed by atoms with Gasteiger partial charge in [-0.15, -0.1) is 0 Å². The monoisotopic (exact) mass is 391 g/mol. The van der Waals surface area contributed by atoms with E-state index >= 15 is 0 Å². The summed E-state index contributed by atoms with van der Waals surface area (Å²) < 4.78 is 5.84. The Morgan fingerprint density at radius 2 is 1.76 bits per heavy atom. The maximum Gasteiger partial charge on any atom is 0.130 e. The lowest BCUT2D eigenvalue weighted by atomic mass is 9.89. The quantitative estimate of drug-likeness (QED) is 0.526. The second kappa shape index (κ2) is 9.02. The summed E-state index contributed by atoms with van der Waals surface area (Å²) in [4.78, 5) is 13.7. The van der Waals surface area contributed by atoms with Gasteiger partial charge in [-0.05, 0) is 79.8 Å². The maximum absolute atomic E-state index is 11.2. The molecule has 3 heteroatoms. The van der Waals surface area contributed by atoms with Gasteiger partial charge >= 0.3 is 0 Å². The van der Waals surface area contributed by atoms with E-state index < -0.39 is 0 Å². The average molecular weight is 392 g/mol. The standard InChI is InChI=1S/C26H33NO2/c1-19(15-20(2)28)3-4-21-7-9-23(10-8-21)24-16-27(17-24)25-11-13-26(14-12-25)29-18-22-5-6-22/h7-14,19,22,24H,3-6,15-18H2,1-2H3. The summed E-state index contributed by atoms with van der Waals surface area (Å²) in [7, 11) is 0. The van der Waals surface area contributed by atoms with E-state index in [2.05, 4.69) is 60.4 Å². The van der Waals surface area contributed by atoms with E-state index in [4.69, 9.17) is 4.74 Å². The van der Waals surface area contributed by atoms with E-state index in [1.54, 1.807) is 6.92 Å².